The number of halogens is 1. The Morgan fingerprint density at radius 2 is 1.77 bits per heavy atom. The first-order valence-electron chi connectivity index (χ1n) is 7.34. The highest BCUT2D eigenvalue weighted by atomic mass is 79.9. The zero-order valence-corrected chi connectivity index (χ0v) is 14.8. The lowest BCUT2D eigenvalue weighted by Gasteiger charge is -2.34. The molecule has 1 fully saturated rings. The van der Waals surface area contributed by atoms with E-state index in [1.807, 2.05) is 0 Å². The normalized spacial score (nSPS) is 15.8. The summed E-state index contributed by atoms with van der Waals surface area (Å²) in [6, 6.07) is 3.28. The minimum absolute atomic E-state index is 0.0557. The van der Waals surface area contributed by atoms with Gasteiger partial charge in [-0.25, -0.2) is 4.79 Å². The predicted molar refractivity (Wildman–Crippen MR) is 86.7 cm³/mol. The van der Waals surface area contributed by atoms with Crippen LogP contribution in [-0.2, 0) is 0 Å². The van der Waals surface area contributed by atoms with Gasteiger partial charge in [-0.05, 0) is 33.5 Å². The van der Waals surface area contributed by atoms with Crippen LogP contribution in [0.2, 0.25) is 0 Å². The predicted octanol–water partition coefficient (Wildman–Crippen LogP) is 2.56. The highest BCUT2D eigenvalue weighted by Gasteiger charge is 2.26. The molecule has 22 heavy (non-hydrogen) atoms. The van der Waals surface area contributed by atoms with Crippen molar-refractivity contribution in [3.63, 3.8) is 0 Å². The Bertz CT molecular complexity index is 542. The first kappa shape index (κ1) is 16.9. The molecule has 0 aromatic carbocycles. The van der Waals surface area contributed by atoms with E-state index < -0.39 is 0 Å². The fraction of sp³-hybridized carbons (Fsp3) is 0.600. The molecule has 1 N–H and O–H groups in total. The van der Waals surface area contributed by atoms with Gasteiger partial charge in [-0.1, -0.05) is 20.8 Å². The van der Waals surface area contributed by atoms with E-state index in [9.17, 15) is 9.59 Å². The molecule has 1 aliphatic rings. The second-order valence-electron chi connectivity index (χ2n) is 6.60. The van der Waals surface area contributed by atoms with Gasteiger partial charge in [-0.2, -0.15) is 0 Å². The van der Waals surface area contributed by atoms with Gasteiger partial charge in [0, 0.05) is 32.7 Å². The van der Waals surface area contributed by atoms with Crippen molar-refractivity contribution in [2.75, 3.05) is 32.7 Å². The minimum Gasteiger partial charge on any atom is -0.444 e. The molecular weight excluding hydrogens is 350 g/mol. The number of nitrogens with zero attached hydrogens (tertiary/aromatic N) is 2. The van der Waals surface area contributed by atoms with Gasteiger partial charge in [0.1, 0.15) is 0 Å². The molecule has 0 aliphatic carbocycles. The van der Waals surface area contributed by atoms with E-state index in [2.05, 4.69) is 42.0 Å². The average molecular weight is 372 g/mol. The summed E-state index contributed by atoms with van der Waals surface area (Å²) in [5.74, 6) is 0.179. The number of rotatable bonds is 2. The second-order valence-corrected chi connectivity index (χ2v) is 7.38. The molecule has 1 aromatic heterocycles. The van der Waals surface area contributed by atoms with Crippen LogP contribution in [-0.4, -0.2) is 54.5 Å². The highest BCUT2D eigenvalue weighted by molar-refractivity contribution is 9.10. The first-order chi connectivity index (χ1) is 10.3. The maximum atomic E-state index is 12.2. The number of carbonyl (C=O) groups excluding carboxylic acids is 2. The molecule has 122 valence electrons. The molecule has 1 aliphatic heterocycles. The SMILES string of the molecule is CC(C)(C)CNC(=O)N1CCN(C(=O)c2ccc(Br)o2)CC1. The van der Waals surface area contributed by atoms with Crippen molar-refractivity contribution in [1.82, 2.24) is 15.1 Å². The average Bonchev–Trinajstić information content (AvgIpc) is 2.90. The summed E-state index contributed by atoms with van der Waals surface area (Å²) in [5.41, 5.74) is 0.0557. The molecule has 3 amide bonds. The number of carbonyl (C=O) groups is 2. The molecule has 0 spiro atoms. The van der Waals surface area contributed by atoms with E-state index in [1.165, 1.54) is 0 Å². The smallest absolute Gasteiger partial charge is 0.317 e. The number of furan rings is 1. The molecular formula is C15H22BrN3O3. The third-order valence-electron chi connectivity index (χ3n) is 3.41. The molecule has 0 unspecified atom stereocenters. The van der Waals surface area contributed by atoms with E-state index in [0.29, 0.717) is 43.2 Å². The van der Waals surface area contributed by atoms with Crippen molar-refractivity contribution in [3.05, 3.63) is 22.6 Å². The molecule has 0 bridgehead atoms. The maximum absolute atomic E-state index is 12.2. The van der Waals surface area contributed by atoms with Gasteiger partial charge < -0.3 is 19.5 Å². The van der Waals surface area contributed by atoms with Crippen molar-refractivity contribution in [2.24, 2.45) is 5.41 Å². The molecule has 7 heteroatoms. The van der Waals surface area contributed by atoms with Crippen LogP contribution in [0.25, 0.3) is 0 Å². The van der Waals surface area contributed by atoms with Gasteiger partial charge >= 0.3 is 6.03 Å². The largest absolute Gasteiger partial charge is 0.444 e. The molecule has 0 radical (unpaired) electrons. The lowest BCUT2D eigenvalue weighted by molar-refractivity contribution is 0.0632. The van der Waals surface area contributed by atoms with Gasteiger partial charge in [-0.15, -0.1) is 0 Å². The van der Waals surface area contributed by atoms with Crippen molar-refractivity contribution in [3.8, 4) is 0 Å². The minimum atomic E-state index is -0.138. The van der Waals surface area contributed by atoms with Gasteiger partial charge in [0.2, 0.25) is 0 Å². The molecule has 6 nitrogen and oxygen atoms in total. The standard InChI is InChI=1S/C15H22BrN3O3/c1-15(2,3)10-17-14(21)19-8-6-18(7-9-19)13(20)11-4-5-12(16)22-11/h4-5H,6-10H2,1-3H3,(H,17,21). The topological polar surface area (TPSA) is 65.8 Å². The summed E-state index contributed by atoms with van der Waals surface area (Å²) < 4.78 is 5.82. The summed E-state index contributed by atoms with van der Waals surface area (Å²) in [7, 11) is 0. The molecule has 2 rings (SSSR count). The van der Waals surface area contributed by atoms with E-state index in [1.54, 1.807) is 21.9 Å². The number of urea groups is 1. The Labute approximate surface area is 138 Å². The molecule has 1 aromatic rings. The van der Waals surface area contributed by atoms with E-state index >= 15 is 0 Å². The van der Waals surface area contributed by atoms with E-state index in [0.717, 1.165) is 0 Å². The van der Waals surface area contributed by atoms with Crippen LogP contribution in [0, 0.1) is 5.41 Å². The highest BCUT2D eigenvalue weighted by Crippen LogP contribution is 2.17. The van der Waals surface area contributed by atoms with Crippen LogP contribution in [0.3, 0.4) is 0 Å². The molecule has 1 saturated heterocycles. The van der Waals surface area contributed by atoms with Crippen LogP contribution in [0.15, 0.2) is 21.2 Å². The number of hydrogen-bond acceptors (Lipinski definition) is 3. The van der Waals surface area contributed by atoms with Gasteiger partial charge in [0.25, 0.3) is 5.91 Å². The number of piperazine rings is 1. The zero-order valence-electron chi connectivity index (χ0n) is 13.2. The van der Waals surface area contributed by atoms with E-state index in [4.69, 9.17) is 4.42 Å². The summed E-state index contributed by atoms with van der Waals surface area (Å²) in [5, 5.41) is 2.93. The Morgan fingerprint density at radius 1 is 1.18 bits per heavy atom. The van der Waals surface area contributed by atoms with Gasteiger partial charge in [-0.3, -0.25) is 4.79 Å². The Hall–Kier alpha value is -1.50. The van der Waals surface area contributed by atoms with Gasteiger partial charge in [0.05, 0.1) is 0 Å². The van der Waals surface area contributed by atoms with Crippen molar-refractivity contribution in [1.29, 1.82) is 0 Å². The summed E-state index contributed by atoms with van der Waals surface area (Å²) in [4.78, 5) is 27.8. The second kappa shape index (κ2) is 6.73. The van der Waals surface area contributed by atoms with Crippen LogP contribution in [0.4, 0.5) is 4.79 Å². The Morgan fingerprint density at radius 3 is 2.27 bits per heavy atom. The Balaban J connectivity index is 1.82. The van der Waals surface area contributed by atoms with E-state index in [-0.39, 0.29) is 17.4 Å². The fourth-order valence-corrected chi connectivity index (χ4v) is 2.46. The van der Waals surface area contributed by atoms with Crippen molar-refractivity contribution < 1.29 is 14.0 Å². The first-order valence-corrected chi connectivity index (χ1v) is 8.13. The summed E-state index contributed by atoms with van der Waals surface area (Å²) in [6.07, 6.45) is 0. The lowest BCUT2D eigenvalue weighted by Crippen LogP contribution is -2.53. The van der Waals surface area contributed by atoms with Crippen LogP contribution in [0.5, 0.6) is 0 Å². The summed E-state index contributed by atoms with van der Waals surface area (Å²) >= 11 is 3.19. The number of hydrogen-bond donors (Lipinski definition) is 1. The summed E-state index contributed by atoms with van der Waals surface area (Å²) in [6.45, 7) is 8.95. The third kappa shape index (κ3) is 4.50. The lowest BCUT2D eigenvalue weighted by atomic mass is 9.97. The molecule has 2 heterocycles. The number of nitrogens with one attached hydrogen (secondary N) is 1. The van der Waals surface area contributed by atoms with Crippen molar-refractivity contribution >= 4 is 27.9 Å². The third-order valence-corrected chi connectivity index (χ3v) is 3.83. The monoisotopic (exact) mass is 371 g/mol. The van der Waals surface area contributed by atoms with Crippen molar-refractivity contribution in [2.45, 2.75) is 20.8 Å². The molecule has 0 atom stereocenters. The van der Waals surface area contributed by atoms with Crippen LogP contribution < -0.4 is 5.32 Å². The quantitative estimate of drug-likeness (QED) is 0.868. The zero-order chi connectivity index (χ0) is 16.3. The Kier molecular flexibility index (Phi) is 5.16. The van der Waals surface area contributed by atoms with Crippen LogP contribution >= 0.6 is 15.9 Å². The maximum Gasteiger partial charge on any atom is 0.317 e. The van der Waals surface area contributed by atoms with Crippen LogP contribution in [0.1, 0.15) is 31.3 Å². The number of amides is 3. The molecule has 0 saturated carbocycles. The fourth-order valence-electron chi connectivity index (χ4n) is 2.15. The van der Waals surface area contributed by atoms with Gasteiger partial charge in [0.15, 0.2) is 10.4 Å².